The van der Waals surface area contributed by atoms with Gasteiger partial charge in [-0.05, 0) is 30.5 Å². The van der Waals surface area contributed by atoms with Crippen LogP contribution in [0, 0.1) is 5.92 Å². The number of nitrogens with two attached hydrogens (primary N) is 1. The van der Waals surface area contributed by atoms with Crippen molar-refractivity contribution < 1.29 is 9.90 Å². The third kappa shape index (κ3) is 3.66. The fourth-order valence-corrected chi connectivity index (χ4v) is 1.55. The lowest BCUT2D eigenvalue weighted by atomic mass is 10.1. The summed E-state index contributed by atoms with van der Waals surface area (Å²) in [7, 11) is 1.96. The molecule has 0 aliphatic carbocycles. The van der Waals surface area contributed by atoms with Crippen LogP contribution >= 0.6 is 0 Å². The Morgan fingerprint density at radius 3 is 2.65 bits per heavy atom. The number of aromatic carboxylic acids is 1. The highest BCUT2D eigenvalue weighted by Crippen LogP contribution is 2.21. The van der Waals surface area contributed by atoms with E-state index in [0.29, 0.717) is 11.6 Å². The van der Waals surface area contributed by atoms with E-state index in [4.69, 9.17) is 10.8 Å². The maximum absolute atomic E-state index is 11.0. The summed E-state index contributed by atoms with van der Waals surface area (Å²) in [6, 6.07) is 5.12. The molecule has 0 aromatic heterocycles. The summed E-state index contributed by atoms with van der Waals surface area (Å²) < 4.78 is 0. The second-order valence-corrected chi connectivity index (χ2v) is 4.68. The molecule has 4 heteroatoms. The van der Waals surface area contributed by atoms with Crippen LogP contribution in [0.5, 0.6) is 0 Å². The molecule has 0 heterocycles. The Bertz CT molecular complexity index is 402. The van der Waals surface area contributed by atoms with Gasteiger partial charge in [0.2, 0.25) is 0 Å². The molecule has 0 fully saturated rings. The topological polar surface area (TPSA) is 66.6 Å². The average Bonchev–Trinajstić information content (AvgIpc) is 2.26. The van der Waals surface area contributed by atoms with Crippen molar-refractivity contribution in [3.05, 3.63) is 23.8 Å². The summed E-state index contributed by atoms with van der Waals surface area (Å²) in [4.78, 5) is 13.0. The average molecular weight is 236 g/mol. The first-order valence-electron chi connectivity index (χ1n) is 5.75. The maximum Gasteiger partial charge on any atom is 0.337 e. The minimum absolute atomic E-state index is 0.166. The van der Waals surface area contributed by atoms with Crippen LogP contribution in [-0.4, -0.2) is 24.7 Å². The molecule has 0 aliphatic heterocycles. The second-order valence-electron chi connectivity index (χ2n) is 4.68. The summed E-state index contributed by atoms with van der Waals surface area (Å²) in [6.45, 7) is 5.24. The highest BCUT2D eigenvalue weighted by atomic mass is 16.4. The van der Waals surface area contributed by atoms with Crippen LogP contribution in [0.2, 0.25) is 0 Å². The number of hydrogen-bond donors (Lipinski definition) is 2. The molecular formula is C13H20N2O2. The maximum atomic E-state index is 11.0. The zero-order chi connectivity index (χ0) is 13.0. The number of nitrogens with zero attached hydrogens (tertiary/aromatic N) is 1. The number of hydrogen-bond acceptors (Lipinski definition) is 3. The lowest BCUT2D eigenvalue weighted by molar-refractivity contribution is 0.0698. The zero-order valence-corrected chi connectivity index (χ0v) is 10.6. The zero-order valence-electron chi connectivity index (χ0n) is 10.6. The van der Waals surface area contributed by atoms with E-state index in [1.54, 1.807) is 12.1 Å². The van der Waals surface area contributed by atoms with E-state index in [2.05, 4.69) is 13.8 Å². The van der Waals surface area contributed by atoms with Crippen LogP contribution < -0.4 is 10.6 Å². The summed E-state index contributed by atoms with van der Waals surface area (Å²) in [5.41, 5.74) is 6.97. The van der Waals surface area contributed by atoms with E-state index in [9.17, 15) is 4.79 Å². The van der Waals surface area contributed by atoms with Gasteiger partial charge in [-0.15, -0.1) is 0 Å². The Balaban J connectivity index is 2.84. The predicted molar refractivity (Wildman–Crippen MR) is 70.5 cm³/mol. The molecule has 3 N–H and O–H groups in total. The van der Waals surface area contributed by atoms with E-state index in [0.717, 1.165) is 18.7 Å². The monoisotopic (exact) mass is 236 g/mol. The summed E-state index contributed by atoms with van der Waals surface area (Å²) in [5, 5.41) is 8.99. The smallest absolute Gasteiger partial charge is 0.337 e. The van der Waals surface area contributed by atoms with Gasteiger partial charge in [0.15, 0.2) is 0 Å². The summed E-state index contributed by atoms with van der Waals surface area (Å²) in [5.74, 6) is -0.355. The molecule has 0 amide bonds. The van der Waals surface area contributed by atoms with Gasteiger partial charge >= 0.3 is 5.97 Å². The minimum Gasteiger partial charge on any atom is -0.478 e. The van der Waals surface area contributed by atoms with E-state index in [1.807, 2.05) is 18.0 Å². The molecule has 94 valence electrons. The van der Waals surface area contributed by atoms with Crippen molar-refractivity contribution in [1.82, 2.24) is 0 Å². The van der Waals surface area contributed by atoms with Gasteiger partial charge < -0.3 is 15.7 Å². The SMILES string of the molecule is CC(C)CCN(C)c1ccc(N)c(C(=O)O)c1. The predicted octanol–water partition coefficient (Wildman–Crippen LogP) is 2.45. The van der Waals surface area contributed by atoms with Crippen LogP contribution in [0.3, 0.4) is 0 Å². The Labute approximate surface area is 102 Å². The van der Waals surface area contributed by atoms with Gasteiger partial charge in [0.1, 0.15) is 0 Å². The number of carbonyl (C=O) groups is 1. The number of carboxylic acids is 1. The summed E-state index contributed by atoms with van der Waals surface area (Å²) in [6.07, 6.45) is 1.07. The fraction of sp³-hybridized carbons (Fsp3) is 0.462. The number of rotatable bonds is 5. The van der Waals surface area contributed by atoms with Crippen LogP contribution in [0.4, 0.5) is 11.4 Å². The second kappa shape index (κ2) is 5.57. The number of anilines is 2. The highest BCUT2D eigenvalue weighted by molar-refractivity contribution is 5.94. The van der Waals surface area contributed by atoms with Gasteiger partial charge in [-0.25, -0.2) is 4.79 Å². The third-order valence-electron chi connectivity index (χ3n) is 2.75. The highest BCUT2D eigenvalue weighted by Gasteiger charge is 2.10. The molecule has 0 aliphatic rings. The standard InChI is InChI=1S/C13H20N2O2/c1-9(2)6-7-15(3)10-4-5-12(14)11(8-10)13(16)17/h4-5,8-9H,6-7,14H2,1-3H3,(H,16,17). The Morgan fingerprint density at radius 2 is 2.12 bits per heavy atom. The molecule has 0 radical (unpaired) electrons. The Kier molecular flexibility index (Phi) is 4.37. The lowest BCUT2D eigenvalue weighted by Gasteiger charge is -2.21. The summed E-state index contributed by atoms with van der Waals surface area (Å²) >= 11 is 0. The minimum atomic E-state index is -0.985. The van der Waals surface area contributed by atoms with Gasteiger partial charge in [-0.2, -0.15) is 0 Å². The molecular weight excluding hydrogens is 216 g/mol. The van der Waals surface area contributed by atoms with E-state index in [1.165, 1.54) is 0 Å². The van der Waals surface area contributed by atoms with Crippen molar-refractivity contribution in [2.24, 2.45) is 5.92 Å². The number of benzene rings is 1. The number of carboxylic acid groups (broad SMARTS) is 1. The first-order valence-corrected chi connectivity index (χ1v) is 5.75. The van der Waals surface area contributed by atoms with Crippen molar-refractivity contribution in [2.45, 2.75) is 20.3 Å². The molecule has 0 spiro atoms. The quantitative estimate of drug-likeness (QED) is 0.771. The van der Waals surface area contributed by atoms with Crippen molar-refractivity contribution in [1.29, 1.82) is 0 Å². The van der Waals surface area contributed by atoms with Crippen LogP contribution in [0.1, 0.15) is 30.6 Å². The Hall–Kier alpha value is -1.71. The Morgan fingerprint density at radius 1 is 1.47 bits per heavy atom. The molecule has 0 saturated carbocycles. The van der Waals surface area contributed by atoms with Crippen molar-refractivity contribution >= 4 is 17.3 Å². The van der Waals surface area contributed by atoms with E-state index in [-0.39, 0.29) is 5.56 Å². The third-order valence-corrected chi connectivity index (χ3v) is 2.75. The van der Waals surface area contributed by atoms with Gasteiger partial charge in [0, 0.05) is 25.0 Å². The van der Waals surface area contributed by atoms with Crippen LogP contribution in [-0.2, 0) is 0 Å². The first-order chi connectivity index (χ1) is 7.91. The van der Waals surface area contributed by atoms with E-state index >= 15 is 0 Å². The van der Waals surface area contributed by atoms with E-state index < -0.39 is 5.97 Å². The molecule has 0 saturated heterocycles. The number of nitrogen functional groups attached to an aromatic ring is 1. The van der Waals surface area contributed by atoms with Crippen molar-refractivity contribution in [3.8, 4) is 0 Å². The fourth-order valence-electron chi connectivity index (χ4n) is 1.55. The lowest BCUT2D eigenvalue weighted by Crippen LogP contribution is -2.20. The van der Waals surface area contributed by atoms with Gasteiger partial charge in [-0.1, -0.05) is 13.8 Å². The molecule has 1 aromatic carbocycles. The molecule has 1 aromatic rings. The molecule has 0 bridgehead atoms. The molecule has 0 unspecified atom stereocenters. The largest absolute Gasteiger partial charge is 0.478 e. The molecule has 4 nitrogen and oxygen atoms in total. The van der Waals surface area contributed by atoms with Crippen molar-refractivity contribution in [2.75, 3.05) is 24.2 Å². The molecule has 1 rings (SSSR count). The van der Waals surface area contributed by atoms with Crippen LogP contribution in [0.15, 0.2) is 18.2 Å². The first kappa shape index (κ1) is 13.4. The molecule has 17 heavy (non-hydrogen) atoms. The normalized spacial score (nSPS) is 10.6. The van der Waals surface area contributed by atoms with Gasteiger partial charge in [0.05, 0.1) is 5.56 Å². The van der Waals surface area contributed by atoms with Gasteiger partial charge in [-0.3, -0.25) is 0 Å². The van der Waals surface area contributed by atoms with Crippen molar-refractivity contribution in [3.63, 3.8) is 0 Å². The van der Waals surface area contributed by atoms with Gasteiger partial charge in [0.25, 0.3) is 0 Å². The molecule has 0 atom stereocenters. The van der Waals surface area contributed by atoms with Crippen LogP contribution in [0.25, 0.3) is 0 Å².